The second-order valence-electron chi connectivity index (χ2n) is 8.36. The Balaban J connectivity index is 1.55. The molecule has 2 aromatic carbocycles. The van der Waals surface area contributed by atoms with Crippen molar-refractivity contribution in [3.8, 4) is 0 Å². The zero-order valence-corrected chi connectivity index (χ0v) is 21.2. The Labute approximate surface area is 207 Å². The van der Waals surface area contributed by atoms with Crippen LogP contribution in [0.15, 0.2) is 92.4 Å². The predicted molar refractivity (Wildman–Crippen MR) is 141 cm³/mol. The minimum absolute atomic E-state index is 0.397. The molecule has 1 aliphatic heterocycles. The van der Waals surface area contributed by atoms with Crippen LogP contribution in [0, 0.1) is 0 Å². The third kappa shape index (κ3) is 6.74. The smallest absolute Gasteiger partial charge is 0.135 e. The number of hydrogen-bond acceptors (Lipinski definition) is 2. The van der Waals surface area contributed by atoms with E-state index < -0.39 is 0 Å². The van der Waals surface area contributed by atoms with Gasteiger partial charge in [-0.25, -0.2) is 0 Å². The molecule has 0 aromatic heterocycles. The van der Waals surface area contributed by atoms with Crippen LogP contribution in [-0.4, -0.2) is 30.3 Å². The minimum atomic E-state index is 0.397. The third-order valence-electron chi connectivity index (χ3n) is 5.92. The molecule has 4 rings (SSSR count). The number of benzene rings is 2. The molecule has 0 N–H and O–H groups in total. The number of hydrogen-bond donors (Lipinski definition) is 0. The van der Waals surface area contributed by atoms with Crippen molar-refractivity contribution in [3.63, 3.8) is 0 Å². The Hall–Kier alpha value is -2.01. The number of carbonyl (C=O) groups is 1. The SMILES string of the molecule is O=C1CCN(CCC(=Cc2cccc(Br)c2)C2=CC=CC(=Cc3cccc(Br)c3)C2)CC1. The highest BCUT2D eigenvalue weighted by atomic mass is 79.9. The molecule has 4 heteroatoms. The van der Waals surface area contributed by atoms with Gasteiger partial charge in [-0.3, -0.25) is 4.79 Å². The average Bonchev–Trinajstić information content (AvgIpc) is 2.78. The van der Waals surface area contributed by atoms with Gasteiger partial charge >= 0.3 is 0 Å². The fraction of sp³-hybridized carbons (Fsp3) is 0.250. The van der Waals surface area contributed by atoms with Gasteiger partial charge in [-0.05, 0) is 65.0 Å². The Bertz CT molecular complexity index is 1100. The van der Waals surface area contributed by atoms with Crippen LogP contribution in [0.25, 0.3) is 12.2 Å². The summed E-state index contributed by atoms with van der Waals surface area (Å²) in [6.07, 6.45) is 14.5. The first-order chi connectivity index (χ1) is 15.5. The zero-order valence-electron chi connectivity index (χ0n) is 18.1. The van der Waals surface area contributed by atoms with Gasteiger partial charge in [-0.15, -0.1) is 0 Å². The fourth-order valence-electron chi connectivity index (χ4n) is 4.18. The normalized spacial score (nSPS) is 18.8. The molecule has 164 valence electrons. The van der Waals surface area contributed by atoms with Crippen LogP contribution < -0.4 is 0 Å². The Kier molecular flexibility index (Phi) is 8.12. The van der Waals surface area contributed by atoms with E-state index in [1.165, 1.54) is 27.8 Å². The lowest BCUT2D eigenvalue weighted by Gasteiger charge is -2.27. The molecular weight excluding hydrogens is 526 g/mol. The zero-order chi connectivity index (χ0) is 22.3. The van der Waals surface area contributed by atoms with Crippen molar-refractivity contribution in [1.82, 2.24) is 4.90 Å². The van der Waals surface area contributed by atoms with Crippen molar-refractivity contribution in [1.29, 1.82) is 0 Å². The molecule has 2 aromatic rings. The topological polar surface area (TPSA) is 20.3 Å². The number of ketones is 1. The number of likely N-dealkylation sites (tertiary alicyclic amines) is 1. The van der Waals surface area contributed by atoms with Crippen LogP contribution in [0.5, 0.6) is 0 Å². The summed E-state index contributed by atoms with van der Waals surface area (Å²) >= 11 is 7.17. The average molecular weight is 553 g/mol. The summed E-state index contributed by atoms with van der Waals surface area (Å²) in [6.45, 7) is 2.75. The molecule has 0 amide bonds. The highest BCUT2D eigenvalue weighted by molar-refractivity contribution is 9.10. The molecule has 32 heavy (non-hydrogen) atoms. The second kappa shape index (κ2) is 11.2. The largest absolute Gasteiger partial charge is 0.302 e. The third-order valence-corrected chi connectivity index (χ3v) is 6.90. The maximum absolute atomic E-state index is 11.6. The van der Waals surface area contributed by atoms with E-state index in [-0.39, 0.29) is 0 Å². The van der Waals surface area contributed by atoms with Crippen molar-refractivity contribution in [2.24, 2.45) is 0 Å². The Morgan fingerprint density at radius 1 is 0.969 bits per heavy atom. The number of carbonyl (C=O) groups excluding carboxylic acids is 1. The van der Waals surface area contributed by atoms with E-state index in [1.54, 1.807) is 0 Å². The quantitative estimate of drug-likeness (QED) is 0.367. The van der Waals surface area contributed by atoms with Crippen LogP contribution in [0.2, 0.25) is 0 Å². The molecule has 1 fully saturated rings. The van der Waals surface area contributed by atoms with Gasteiger partial charge in [0.15, 0.2) is 0 Å². The predicted octanol–water partition coefficient (Wildman–Crippen LogP) is 7.62. The van der Waals surface area contributed by atoms with Crippen LogP contribution in [0.3, 0.4) is 0 Å². The van der Waals surface area contributed by atoms with Gasteiger partial charge in [0.1, 0.15) is 5.78 Å². The fourth-order valence-corrected chi connectivity index (χ4v) is 5.02. The van der Waals surface area contributed by atoms with Gasteiger partial charge in [0.2, 0.25) is 0 Å². The first-order valence-electron chi connectivity index (χ1n) is 11.1. The molecule has 2 nitrogen and oxygen atoms in total. The van der Waals surface area contributed by atoms with Crippen LogP contribution >= 0.6 is 31.9 Å². The highest BCUT2D eigenvalue weighted by Crippen LogP contribution is 2.30. The summed E-state index contributed by atoms with van der Waals surface area (Å²) in [5.41, 5.74) is 6.45. The number of nitrogens with zero attached hydrogens (tertiary/aromatic N) is 1. The standard InChI is InChI=1S/C28H27Br2NO/c29-26-8-2-5-22(19-26)16-21-4-1-7-24(17-21)25(18-23-6-3-9-27(30)20-23)10-13-31-14-11-28(32)12-15-31/h1-9,16,18-20H,10-15,17H2. The molecule has 1 heterocycles. The molecule has 0 spiro atoms. The van der Waals surface area contributed by atoms with E-state index in [0.717, 1.165) is 41.4 Å². The maximum atomic E-state index is 11.6. The van der Waals surface area contributed by atoms with Gasteiger partial charge in [-0.1, -0.05) is 86.5 Å². The van der Waals surface area contributed by atoms with Crippen molar-refractivity contribution in [2.75, 3.05) is 19.6 Å². The molecule has 2 aliphatic rings. The second-order valence-corrected chi connectivity index (χ2v) is 10.2. The van der Waals surface area contributed by atoms with E-state index in [0.29, 0.717) is 18.6 Å². The van der Waals surface area contributed by atoms with Crippen LogP contribution in [0.1, 0.15) is 36.8 Å². The summed E-state index contributed by atoms with van der Waals surface area (Å²) in [7, 11) is 0. The van der Waals surface area contributed by atoms with E-state index in [1.807, 2.05) is 0 Å². The lowest BCUT2D eigenvalue weighted by atomic mass is 9.89. The molecule has 1 aliphatic carbocycles. The monoisotopic (exact) mass is 551 g/mol. The van der Waals surface area contributed by atoms with E-state index in [9.17, 15) is 4.79 Å². The highest BCUT2D eigenvalue weighted by Gasteiger charge is 2.17. The van der Waals surface area contributed by atoms with Gasteiger partial charge in [-0.2, -0.15) is 0 Å². The number of rotatable bonds is 6. The number of Topliss-reactive ketones (excluding diaryl/α,β-unsaturated/α-hetero) is 1. The number of allylic oxidation sites excluding steroid dienone is 5. The van der Waals surface area contributed by atoms with E-state index in [2.05, 4.69) is 116 Å². The number of halogens is 2. The summed E-state index contributed by atoms with van der Waals surface area (Å²) in [4.78, 5) is 14.0. The van der Waals surface area contributed by atoms with Crippen molar-refractivity contribution >= 4 is 49.8 Å². The Morgan fingerprint density at radius 2 is 1.66 bits per heavy atom. The minimum Gasteiger partial charge on any atom is -0.302 e. The summed E-state index contributed by atoms with van der Waals surface area (Å²) < 4.78 is 2.19. The molecule has 0 radical (unpaired) electrons. The van der Waals surface area contributed by atoms with Gasteiger partial charge in [0, 0.05) is 41.4 Å². The molecule has 1 saturated heterocycles. The maximum Gasteiger partial charge on any atom is 0.135 e. The van der Waals surface area contributed by atoms with Gasteiger partial charge < -0.3 is 4.90 Å². The van der Waals surface area contributed by atoms with Gasteiger partial charge in [0.25, 0.3) is 0 Å². The summed E-state index contributed by atoms with van der Waals surface area (Å²) in [6, 6.07) is 16.9. The van der Waals surface area contributed by atoms with Crippen molar-refractivity contribution < 1.29 is 4.79 Å². The first kappa shape index (κ1) is 23.2. The van der Waals surface area contributed by atoms with Crippen LogP contribution in [-0.2, 0) is 4.79 Å². The van der Waals surface area contributed by atoms with Gasteiger partial charge in [0.05, 0.1) is 0 Å². The summed E-state index contributed by atoms with van der Waals surface area (Å²) in [5, 5.41) is 0. The van der Waals surface area contributed by atoms with Crippen molar-refractivity contribution in [2.45, 2.75) is 25.7 Å². The Morgan fingerprint density at radius 3 is 2.38 bits per heavy atom. The summed E-state index contributed by atoms with van der Waals surface area (Å²) in [5.74, 6) is 0.397. The van der Waals surface area contributed by atoms with E-state index >= 15 is 0 Å². The molecule has 0 atom stereocenters. The molecule has 0 unspecified atom stereocenters. The van der Waals surface area contributed by atoms with Crippen LogP contribution in [0.4, 0.5) is 0 Å². The molecular formula is C28H27Br2NO. The van der Waals surface area contributed by atoms with E-state index in [4.69, 9.17) is 0 Å². The first-order valence-corrected chi connectivity index (χ1v) is 12.7. The number of piperidine rings is 1. The molecule has 0 saturated carbocycles. The molecule has 0 bridgehead atoms. The lowest BCUT2D eigenvalue weighted by molar-refractivity contribution is -0.121. The van der Waals surface area contributed by atoms with Crippen molar-refractivity contribution in [3.05, 3.63) is 104 Å². The lowest BCUT2D eigenvalue weighted by Crippen LogP contribution is -2.34.